The highest BCUT2D eigenvalue weighted by atomic mass is 16.5. The van der Waals surface area contributed by atoms with Crippen LogP contribution in [-0.4, -0.2) is 19.1 Å². The van der Waals surface area contributed by atoms with E-state index in [1.807, 2.05) is 63.2 Å². The number of amides is 1. The minimum Gasteiger partial charge on any atom is -0.496 e. The summed E-state index contributed by atoms with van der Waals surface area (Å²) >= 11 is 0. The summed E-state index contributed by atoms with van der Waals surface area (Å²) in [5.41, 5.74) is 3.13. The van der Waals surface area contributed by atoms with E-state index < -0.39 is 6.10 Å². The minimum atomic E-state index is -0.581. The van der Waals surface area contributed by atoms with Gasteiger partial charge in [0, 0.05) is 5.56 Å². The molecule has 2 aromatic rings. The maximum atomic E-state index is 12.5. The summed E-state index contributed by atoms with van der Waals surface area (Å²) in [7, 11) is 1.62. The van der Waals surface area contributed by atoms with E-state index >= 15 is 0 Å². The first-order valence-corrected chi connectivity index (χ1v) is 8.10. The minimum absolute atomic E-state index is 0.158. The lowest BCUT2D eigenvalue weighted by atomic mass is 10.1. The summed E-state index contributed by atoms with van der Waals surface area (Å²) in [6.45, 7) is 7.70. The Morgan fingerprint density at radius 3 is 2.38 bits per heavy atom. The van der Waals surface area contributed by atoms with Gasteiger partial charge in [-0.1, -0.05) is 30.3 Å². The van der Waals surface area contributed by atoms with Crippen LogP contribution in [0.5, 0.6) is 11.5 Å². The van der Waals surface area contributed by atoms with E-state index in [1.165, 1.54) is 0 Å². The standard InChI is InChI=1S/C20H25NO3/c1-13-9-8-12-18(14(13)2)24-16(4)20(22)21-15(3)17-10-6-7-11-19(17)23-5/h6-12,15-16H,1-5H3,(H,21,22). The summed E-state index contributed by atoms with van der Waals surface area (Å²) in [5.74, 6) is 1.34. The van der Waals surface area contributed by atoms with Crippen LogP contribution < -0.4 is 14.8 Å². The second-order valence-electron chi connectivity index (χ2n) is 5.93. The lowest BCUT2D eigenvalue weighted by Crippen LogP contribution is -2.38. The van der Waals surface area contributed by atoms with Crippen LogP contribution >= 0.6 is 0 Å². The Kier molecular flexibility index (Phi) is 5.85. The molecule has 1 amide bonds. The molecule has 2 atom stereocenters. The predicted octanol–water partition coefficient (Wildman–Crippen LogP) is 3.96. The van der Waals surface area contributed by atoms with Crippen LogP contribution in [0.4, 0.5) is 0 Å². The number of nitrogens with one attached hydrogen (secondary N) is 1. The number of hydrogen-bond donors (Lipinski definition) is 1. The van der Waals surface area contributed by atoms with Crippen LogP contribution in [0, 0.1) is 13.8 Å². The Labute approximate surface area is 143 Å². The molecule has 2 rings (SSSR count). The second kappa shape index (κ2) is 7.86. The molecule has 0 aliphatic rings. The molecule has 2 unspecified atom stereocenters. The van der Waals surface area contributed by atoms with Gasteiger partial charge in [0.25, 0.3) is 5.91 Å². The average Bonchev–Trinajstić information content (AvgIpc) is 2.58. The maximum Gasteiger partial charge on any atom is 0.261 e. The van der Waals surface area contributed by atoms with E-state index in [0.717, 1.165) is 28.2 Å². The lowest BCUT2D eigenvalue weighted by Gasteiger charge is -2.21. The van der Waals surface area contributed by atoms with Crippen molar-refractivity contribution in [3.63, 3.8) is 0 Å². The average molecular weight is 327 g/mol. The fraction of sp³-hybridized carbons (Fsp3) is 0.350. The third-order valence-corrected chi connectivity index (χ3v) is 4.19. The molecule has 4 nitrogen and oxygen atoms in total. The summed E-state index contributed by atoms with van der Waals surface area (Å²) < 4.78 is 11.2. The largest absolute Gasteiger partial charge is 0.496 e. The van der Waals surface area contributed by atoms with E-state index in [-0.39, 0.29) is 11.9 Å². The molecule has 0 aliphatic carbocycles. The zero-order valence-corrected chi connectivity index (χ0v) is 14.9. The second-order valence-corrected chi connectivity index (χ2v) is 5.93. The van der Waals surface area contributed by atoms with Gasteiger partial charge in [-0.3, -0.25) is 4.79 Å². The maximum absolute atomic E-state index is 12.5. The van der Waals surface area contributed by atoms with Gasteiger partial charge in [0.05, 0.1) is 13.2 Å². The van der Waals surface area contributed by atoms with Gasteiger partial charge in [0.15, 0.2) is 6.10 Å². The molecule has 2 aromatic carbocycles. The first kappa shape index (κ1) is 17.9. The molecule has 0 saturated carbocycles. The van der Waals surface area contributed by atoms with Crippen molar-refractivity contribution in [2.45, 2.75) is 39.8 Å². The molecule has 0 spiro atoms. The number of hydrogen-bond acceptors (Lipinski definition) is 3. The normalized spacial score (nSPS) is 13.0. The molecule has 128 valence electrons. The van der Waals surface area contributed by atoms with Crippen LogP contribution in [0.1, 0.15) is 36.6 Å². The van der Waals surface area contributed by atoms with Crippen molar-refractivity contribution in [2.24, 2.45) is 0 Å². The first-order valence-electron chi connectivity index (χ1n) is 8.10. The molecular weight excluding hydrogens is 302 g/mol. The van der Waals surface area contributed by atoms with Crippen molar-refractivity contribution < 1.29 is 14.3 Å². The van der Waals surface area contributed by atoms with Crippen LogP contribution in [0.2, 0.25) is 0 Å². The summed E-state index contributed by atoms with van der Waals surface area (Å²) in [4.78, 5) is 12.5. The quantitative estimate of drug-likeness (QED) is 0.874. The molecule has 0 saturated heterocycles. The number of benzene rings is 2. The third kappa shape index (κ3) is 4.07. The number of para-hydroxylation sites is 1. The molecule has 1 N–H and O–H groups in total. The highest BCUT2D eigenvalue weighted by molar-refractivity contribution is 5.81. The van der Waals surface area contributed by atoms with Gasteiger partial charge in [0.1, 0.15) is 11.5 Å². The van der Waals surface area contributed by atoms with Crippen molar-refractivity contribution >= 4 is 5.91 Å². The van der Waals surface area contributed by atoms with Crippen molar-refractivity contribution in [2.75, 3.05) is 7.11 Å². The number of carbonyl (C=O) groups excluding carboxylic acids is 1. The number of methoxy groups -OCH3 is 1. The van der Waals surface area contributed by atoms with Gasteiger partial charge in [-0.05, 0) is 51.0 Å². The zero-order chi connectivity index (χ0) is 17.7. The summed E-state index contributed by atoms with van der Waals surface area (Å²) in [6.07, 6.45) is -0.581. The van der Waals surface area contributed by atoms with Gasteiger partial charge >= 0.3 is 0 Å². The topological polar surface area (TPSA) is 47.6 Å². The zero-order valence-electron chi connectivity index (χ0n) is 14.9. The van der Waals surface area contributed by atoms with E-state index in [2.05, 4.69) is 5.32 Å². The van der Waals surface area contributed by atoms with Crippen LogP contribution in [0.25, 0.3) is 0 Å². The fourth-order valence-electron chi connectivity index (χ4n) is 2.53. The number of aryl methyl sites for hydroxylation is 1. The van der Waals surface area contributed by atoms with Gasteiger partial charge in [-0.15, -0.1) is 0 Å². The van der Waals surface area contributed by atoms with Crippen molar-refractivity contribution in [3.8, 4) is 11.5 Å². The van der Waals surface area contributed by atoms with Crippen LogP contribution in [-0.2, 0) is 4.79 Å². The molecule has 0 aliphatic heterocycles. The molecule has 0 aromatic heterocycles. The van der Waals surface area contributed by atoms with Crippen molar-refractivity contribution in [1.29, 1.82) is 0 Å². The Morgan fingerprint density at radius 1 is 1.00 bits per heavy atom. The third-order valence-electron chi connectivity index (χ3n) is 4.19. The van der Waals surface area contributed by atoms with E-state index in [9.17, 15) is 4.79 Å². The van der Waals surface area contributed by atoms with Gasteiger partial charge in [0.2, 0.25) is 0 Å². The van der Waals surface area contributed by atoms with Gasteiger partial charge in [-0.2, -0.15) is 0 Å². The Bertz CT molecular complexity index is 712. The first-order chi connectivity index (χ1) is 11.4. The fourth-order valence-corrected chi connectivity index (χ4v) is 2.53. The van der Waals surface area contributed by atoms with Gasteiger partial charge in [-0.25, -0.2) is 0 Å². The van der Waals surface area contributed by atoms with E-state index in [4.69, 9.17) is 9.47 Å². The van der Waals surface area contributed by atoms with E-state index in [1.54, 1.807) is 14.0 Å². The van der Waals surface area contributed by atoms with Gasteiger partial charge < -0.3 is 14.8 Å². The predicted molar refractivity (Wildman–Crippen MR) is 95.6 cm³/mol. The molecule has 24 heavy (non-hydrogen) atoms. The summed E-state index contributed by atoms with van der Waals surface area (Å²) in [5, 5.41) is 2.98. The molecule has 0 heterocycles. The van der Waals surface area contributed by atoms with Crippen LogP contribution in [0.15, 0.2) is 42.5 Å². The Hall–Kier alpha value is -2.49. The molecule has 0 bridgehead atoms. The highest BCUT2D eigenvalue weighted by Crippen LogP contribution is 2.25. The molecular formula is C20H25NO3. The molecule has 4 heteroatoms. The van der Waals surface area contributed by atoms with Crippen LogP contribution in [0.3, 0.4) is 0 Å². The summed E-state index contributed by atoms with van der Waals surface area (Å²) in [6, 6.07) is 13.3. The SMILES string of the molecule is COc1ccccc1C(C)NC(=O)C(C)Oc1cccc(C)c1C. The smallest absolute Gasteiger partial charge is 0.261 e. The van der Waals surface area contributed by atoms with Crippen molar-refractivity contribution in [1.82, 2.24) is 5.32 Å². The number of carbonyl (C=O) groups is 1. The lowest BCUT2D eigenvalue weighted by molar-refractivity contribution is -0.127. The Balaban J connectivity index is 2.04. The van der Waals surface area contributed by atoms with Crippen molar-refractivity contribution in [3.05, 3.63) is 59.2 Å². The Morgan fingerprint density at radius 2 is 1.67 bits per heavy atom. The number of ether oxygens (including phenoxy) is 2. The number of rotatable bonds is 6. The highest BCUT2D eigenvalue weighted by Gasteiger charge is 2.20. The van der Waals surface area contributed by atoms with E-state index in [0.29, 0.717) is 0 Å². The molecule has 0 radical (unpaired) electrons. The molecule has 0 fully saturated rings. The monoisotopic (exact) mass is 327 g/mol.